The number of hydrogen-bond donors (Lipinski definition) is 1. The lowest BCUT2D eigenvalue weighted by molar-refractivity contribution is 0.251. The molecule has 3 aromatic rings. The molecule has 1 fully saturated rings. The number of sulfonamides is 1. The second-order valence-electron chi connectivity index (χ2n) is 6.81. The van der Waals surface area contributed by atoms with E-state index in [0.717, 1.165) is 12.8 Å². The van der Waals surface area contributed by atoms with E-state index in [1.807, 2.05) is 0 Å². The third-order valence-electron chi connectivity index (χ3n) is 4.93. The van der Waals surface area contributed by atoms with Gasteiger partial charge in [0.1, 0.15) is 5.75 Å². The highest BCUT2D eigenvalue weighted by atomic mass is 32.2. The molecule has 0 aliphatic carbocycles. The van der Waals surface area contributed by atoms with Crippen molar-refractivity contribution in [1.82, 2.24) is 24.2 Å². The molecule has 156 valence electrons. The Kier molecular flexibility index (Phi) is 5.86. The maximum Gasteiger partial charge on any atom is 0.243 e. The number of nitrogens with zero attached hydrogens (tertiary/aromatic N) is 5. The zero-order valence-corrected chi connectivity index (χ0v) is 17.3. The number of piperidine rings is 1. The first-order valence-corrected chi connectivity index (χ1v) is 11.0. The third kappa shape index (κ3) is 4.24. The standard InChI is InChI=1S/C20H22N6O3S/c1-29-15-6-8-16(9-7-15)30(27,28)26-14-3-2-5-18(26)17-10-13-23-20(24-17)25-19-21-11-4-12-22-19/h4,6-13,18H,2-3,5,14H2,1H3,(H,21,22,23,24,25). The topological polar surface area (TPSA) is 110 Å². The van der Waals surface area contributed by atoms with Crippen LogP contribution in [0.3, 0.4) is 0 Å². The zero-order chi connectivity index (χ0) is 21.0. The van der Waals surface area contributed by atoms with Crippen LogP contribution >= 0.6 is 0 Å². The van der Waals surface area contributed by atoms with Crippen LogP contribution in [0.15, 0.2) is 59.9 Å². The van der Waals surface area contributed by atoms with Crippen molar-refractivity contribution in [3.63, 3.8) is 0 Å². The monoisotopic (exact) mass is 426 g/mol. The first-order chi connectivity index (χ1) is 14.6. The summed E-state index contributed by atoms with van der Waals surface area (Å²) in [5.74, 6) is 1.31. The van der Waals surface area contributed by atoms with Crippen LogP contribution in [0.1, 0.15) is 31.0 Å². The number of aromatic nitrogens is 4. The summed E-state index contributed by atoms with van der Waals surface area (Å²) in [6, 6.07) is 9.54. The van der Waals surface area contributed by atoms with Gasteiger partial charge in [-0.15, -0.1) is 0 Å². The Labute approximate surface area is 175 Å². The number of rotatable bonds is 6. The van der Waals surface area contributed by atoms with Gasteiger partial charge >= 0.3 is 0 Å². The minimum absolute atomic E-state index is 0.236. The van der Waals surface area contributed by atoms with Gasteiger partial charge in [-0.25, -0.2) is 28.4 Å². The summed E-state index contributed by atoms with van der Waals surface area (Å²) >= 11 is 0. The minimum Gasteiger partial charge on any atom is -0.497 e. The molecule has 0 spiro atoms. The Morgan fingerprint density at radius 3 is 2.47 bits per heavy atom. The molecular weight excluding hydrogens is 404 g/mol. The number of nitrogens with one attached hydrogen (secondary N) is 1. The molecule has 1 N–H and O–H groups in total. The van der Waals surface area contributed by atoms with Crippen molar-refractivity contribution in [3.8, 4) is 5.75 Å². The van der Waals surface area contributed by atoms with E-state index in [1.54, 1.807) is 62.1 Å². The molecule has 1 saturated heterocycles. The van der Waals surface area contributed by atoms with Gasteiger partial charge in [-0.3, -0.25) is 5.32 Å². The van der Waals surface area contributed by atoms with Gasteiger partial charge in [0.2, 0.25) is 21.9 Å². The van der Waals surface area contributed by atoms with Crippen molar-refractivity contribution in [2.75, 3.05) is 19.0 Å². The normalized spacial score (nSPS) is 17.4. The van der Waals surface area contributed by atoms with Crippen molar-refractivity contribution in [1.29, 1.82) is 0 Å². The molecule has 0 bridgehead atoms. The number of benzene rings is 1. The molecule has 1 aromatic carbocycles. The van der Waals surface area contributed by atoms with Gasteiger partial charge in [0, 0.05) is 25.1 Å². The summed E-state index contributed by atoms with van der Waals surface area (Å²) in [5, 5.41) is 2.96. The summed E-state index contributed by atoms with van der Waals surface area (Å²) < 4.78 is 33.4. The molecule has 2 aromatic heterocycles. The molecule has 0 amide bonds. The van der Waals surface area contributed by atoms with Crippen LogP contribution in [0.25, 0.3) is 0 Å². The Hall–Kier alpha value is -3.11. The van der Waals surface area contributed by atoms with E-state index in [4.69, 9.17) is 4.74 Å². The summed E-state index contributed by atoms with van der Waals surface area (Å²) in [7, 11) is -2.14. The van der Waals surface area contributed by atoms with Gasteiger partial charge in [-0.1, -0.05) is 6.42 Å². The average molecular weight is 427 g/mol. The minimum atomic E-state index is -3.68. The Morgan fingerprint density at radius 1 is 1.00 bits per heavy atom. The highest BCUT2D eigenvalue weighted by Crippen LogP contribution is 2.35. The highest BCUT2D eigenvalue weighted by Gasteiger charge is 2.35. The average Bonchev–Trinajstić information content (AvgIpc) is 2.80. The highest BCUT2D eigenvalue weighted by molar-refractivity contribution is 7.89. The maximum absolute atomic E-state index is 13.4. The van der Waals surface area contributed by atoms with Gasteiger partial charge in [-0.2, -0.15) is 4.31 Å². The number of methoxy groups -OCH3 is 1. The van der Waals surface area contributed by atoms with E-state index in [-0.39, 0.29) is 10.9 Å². The molecular formula is C20H22N6O3S. The van der Waals surface area contributed by atoms with Crippen LogP contribution in [-0.4, -0.2) is 46.3 Å². The predicted molar refractivity (Wildman–Crippen MR) is 111 cm³/mol. The first-order valence-electron chi connectivity index (χ1n) is 9.61. The Balaban J connectivity index is 1.63. The molecule has 10 heteroatoms. The second-order valence-corrected chi connectivity index (χ2v) is 8.70. The largest absolute Gasteiger partial charge is 0.497 e. The lowest BCUT2D eigenvalue weighted by atomic mass is 10.0. The molecule has 3 heterocycles. The fourth-order valence-corrected chi connectivity index (χ4v) is 5.12. The van der Waals surface area contributed by atoms with Crippen LogP contribution in [0.2, 0.25) is 0 Å². The van der Waals surface area contributed by atoms with E-state index in [0.29, 0.717) is 36.3 Å². The molecule has 9 nitrogen and oxygen atoms in total. The molecule has 1 aliphatic heterocycles. The summed E-state index contributed by atoms with van der Waals surface area (Å²) in [4.78, 5) is 17.2. The Bertz CT molecular complexity index is 1090. The van der Waals surface area contributed by atoms with Gasteiger partial charge < -0.3 is 4.74 Å². The number of anilines is 2. The van der Waals surface area contributed by atoms with Crippen LogP contribution in [0.4, 0.5) is 11.9 Å². The van der Waals surface area contributed by atoms with Crippen molar-refractivity contribution in [3.05, 3.63) is 60.7 Å². The van der Waals surface area contributed by atoms with Crippen LogP contribution in [0.5, 0.6) is 5.75 Å². The van der Waals surface area contributed by atoms with Gasteiger partial charge in [0.25, 0.3) is 0 Å². The fourth-order valence-electron chi connectivity index (χ4n) is 3.45. The maximum atomic E-state index is 13.4. The SMILES string of the molecule is COc1ccc(S(=O)(=O)N2CCCCC2c2ccnc(Nc3ncccn3)n2)cc1. The quantitative estimate of drug-likeness (QED) is 0.641. The molecule has 0 saturated carbocycles. The van der Waals surface area contributed by atoms with E-state index in [9.17, 15) is 8.42 Å². The van der Waals surface area contributed by atoms with Crippen LogP contribution < -0.4 is 10.1 Å². The zero-order valence-electron chi connectivity index (χ0n) is 16.5. The van der Waals surface area contributed by atoms with E-state index in [2.05, 4.69) is 25.3 Å². The second kappa shape index (κ2) is 8.72. The molecule has 0 radical (unpaired) electrons. The van der Waals surface area contributed by atoms with Crippen molar-refractivity contribution >= 4 is 21.9 Å². The molecule has 1 unspecified atom stereocenters. The summed E-state index contributed by atoms with van der Waals surface area (Å²) in [5.41, 5.74) is 0.639. The predicted octanol–water partition coefficient (Wildman–Crippen LogP) is 2.93. The molecule has 4 rings (SSSR count). The van der Waals surface area contributed by atoms with Gasteiger partial charge in [-0.05, 0) is 49.2 Å². The summed E-state index contributed by atoms with van der Waals surface area (Å²) in [6.45, 7) is 0.438. The lowest BCUT2D eigenvalue weighted by Crippen LogP contribution is -2.38. The van der Waals surface area contributed by atoms with Crippen LogP contribution in [0, 0.1) is 0 Å². The fraction of sp³-hybridized carbons (Fsp3) is 0.300. The Morgan fingerprint density at radius 2 is 1.73 bits per heavy atom. The van der Waals surface area contributed by atoms with Gasteiger partial charge in [0.05, 0.1) is 23.7 Å². The number of ether oxygens (including phenoxy) is 1. The molecule has 1 aliphatic rings. The van der Waals surface area contributed by atoms with Crippen LogP contribution in [-0.2, 0) is 10.0 Å². The molecule has 30 heavy (non-hydrogen) atoms. The van der Waals surface area contributed by atoms with E-state index in [1.165, 1.54) is 4.31 Å². The molecule has 1 atom stereocenters. The van der Waals surface area contributed by atoms with Gasteiger partial charge in [0.15, 0.2) is 0 Å². The lowest BCUT2D eigenvalue weighted by Gasteiger charge is -2.34. The van der Waals surface area contributed by atoms with E-state index >= 15 is 0 Å². The third-order valence-corrected chi connectivity index (χ3v) is 6.85. The van der Waals surface area contributed by atoms with Crippen molar-refractivity contribution in [2.45, 2.75) is 30.2 Å². The number of hydrogen-bond acceptors (Lipinski definition) is 8. The smallest absolute Gasteiger partial charge is 0.243 e. The first kappa shape index (κ1) is 20.2. The summed E-state index contributed by atoms with van der Waals surface area (Å²) in [6.07, 6.45) is 7.26. The van der Waals surface area contributed by atoms with Crippen molar-refractivity contribution in [2.24, 2.45) is 0 Å². The van der Waals surface area contributed by atoms with Crippen molar-refractivity contribution < 1.29 is 13.2 Å². The van der Waals surface area contributed by atoms with E-state index < -0.39 is 10.0 Å².